The van der Waals surface area contributed by atoms with E-state index in [4.69, 9.17) is 0 Å². The standard InChI is InChI=1S/C17H29FN2S/c1-5-9-19-11-14-7-8-17(18)15(10-14)12-20(3)16(6-2)13-21-4/h7-8,10,16,19H,5-6,9,11-13H2,1-4H3. The summed E-state index contributed by atoms with van der Waals surface area (Å²) >= 11 is 1.85. The molecule has 120 valence electrons. The van der Waals surface area contributed by atoms with Gasteiger partial charge in [-0.05, 0) is 44.3 Å². The van der Waals surface area contributed by atoms with Crippen LogP contribution in [0.4, 0.5) is 4.39 Å². The number of nitrogens with zero attached hydrogens (tertiary/aromatic N) is 1. The van der Waals surface area contributed by atoms with Crippen molar-refractivity contribution in [2.75, 3.05) is 25.6 Å². The highest BCUT2D eigenvalue weighted by Gasteiger charge is 2.14. The van der Waals surface area contributed by atoms with Crippen LogP contribution in [0.25, 0.3) is 0 Å². The Morgan fingerprint density at radius 1 is 1.33 bits per heavy atom. The lowest BCUT2D eigenvalue weighted by molar-refractivity contribution is 0.244. The number of rotatable bonds is 10. The zero-order valence-corrected chi connectivity index (χ0v) is 14.6. The molecule has 0 saturated carbocycles. The molecule has 0 saturated heterocycles. The molecule has 0 amide bonds. The SMILES string of the molecule is CCCNCc1ccc(F)c(CN(C)C(CC)CSC)c1. The summed E-state index contributed by atoms with van der Waals surface area (Å²) < 4.78 is 14.0. The van der Waals surface area contributed by atoms with Crippen LogP contribution in [0.5, 0.6) is 0 Å². The molecule has 1 aromatic carbocycles. The van der Waals surface area contributed by atoms with Crippen LogP contribution >= 0.6 is 11.8 Å². The summed E-state index contributed by atoms with van der Waals surface area (Å²) in [5.41, 5.74) is 1.96. The first-order chi connectivity index (χ1) is 10.1. The van der Waals surface area contributed by atoms with E-state index in [0.29, 0.717) is 12.6 Å². The molecule has 2 nitrogen and oxygen atoms in total. The van der Waals surface area contributed by atoms with Crippen molar-refractivity contribution in [1.82, 2.24) is 10.2 Å². The molecule has 0 bridgehead atoms. The Morgan fingerprint density at radius 2 is 2.10 bits per heavy atom. The summed E-state index contributed by atoms with van der Waals surface area (Å²) in [5, 5.41) is 3.37. The fourth-order valence-corrected chi connectivity index (χ4v) is 3.29. The second-order valence-electron chi connectivity index (χ2n) is 5.54. The predicted molar refractivity (Wildman–Crippen MR) is 92.3 cm³/mol. The van der Waals surface area contributed by atoms with Gasteiger partial charge in [0.1, 0.15) is 5.82 Å². The van der Waals surface area contributed by atoms with E-state index in [9.17, 15) is 4.39 Å². The zero-order chi connectivity index (χ0) is 15.7. The third kappa shape index (κ3) is 6.37. The summed E-state index contributed by atoms with van der Waals surface area (Å²) in [7, 11) is 2.09. The molecule has 1 aromatic rings. The van der Waals surface area contributed by atoms with Crippen LogP contribution in [0.15, 0.2) is 18.2 Å². The highest BCUT2D eigenvalue weighted by atomic mass is 32.2. The number of thioether (sulfide) groups is 1. The van der Waals surface area contributed by atoms with Crippen LogP contribution in [0.1, 0.15) is 37.8 Å². The average Bonchev–Trinajstić information content (AvgIpc) is 2.48. The maximum absolute atomic E-state index is 14.0. The van der Waals surface area contributed by atoms with Gasteiger partial charge in [-0.3, -0.25) is 4.90 Å². The van der Waals surface area contributed by atoms with Gasteiger partial charge in [-0.25, -0.2) is 4.39 Å². The van der Waals surface area contributed by atoms with Crippen molar-refractivity contribution in [1.29, 1.82) is 0 Å². The molecule has 4 heteroatoms. The fraction of sp³-hybridized carbons (Fsp3) is 0.647. The zero-order valence-electron chi connectivity index (χ0n) is 13.8. The van der Waals surface area contributed by atoms with Crippen molar-refractivity contribution in [3.8, 4) is 0 Å². The van der Waals surface area contributed by atoms with Gasteiger partial charge in [0.2, 0.25) is 0 Å². The van der Waals surface area contributed by atoms with Gasteiger partial charge < -0.3 is 5.32 Å². The monoisotopic (exact) mass is 312 g/mol. The molecule has 1 rings (SSSR count). The number of hydrogen-bond acceptors (Lipinski definition) is 3. The molecule has 0 aliphatic heterocycles. The molecule has 1 unspecified atom stereocenters. The van der Waals surface area contributed by atoms with E-state index < -0.39 is 0 Å². The van der Waals surface area contributed by atoms with E-state index in [0.717, 1.165) is 42.8 Å². The number of benzene rings is 1. The van der Waals surface area contributed by atoms with Crippen LogP contribution in [-0.2, 0) is 13.1 Å². The molecule has 0 fully saturated rings. The van der Waals surface area contributed by atoms with Gasteiger partial charge in [0, 0.05) is 30.4 Å². The second-order valence-corrected chi connectivity index (χ2v) is 6.45. The number of hydrogen-bond donors (Lipinski definition) is 1. The number of halogens is 1. The average molecular weight is 312 g/mol. The highest BCUT2D eigenvalue weighted by molar-refractivity contribution is 7.98. The van der Waals surface area contributed by atoms with Gasteiger partial charge in [0.25, 0.3) is 0 Å². The molecule has 0 aliphatic carbocycles. The minimum atomic E-state index is -0.0971. The van der Waals surface area contributed by atoms with Gasteiger partial charge in [-0.2, -0.15) is 11.8 Å². The maximum atomic E-state index is 14.0. The van der Waals surface area contributed by atoms with Gasteiger partial charge >= 0.3 is 0 Å². The summed E-state index contributed by atoms with van der Waals surface area (Å²) in [6.07, 6.45) is 4.33. The Balaban J connectivity index is 2.70. The molecule has 0 spiro atoms. The first kappa shape index (κ1) is 18.5. The van der Waals surface area contributed by atoms with Crippen molar-refractivity contribution in [2.24, 2.45) is 0 Å². The van der Waals surface area contributed by atoms with Crippen LogP contribution in [-0.4, -0.2) is 36.5 Å². The van der Waals surface area contributed by atoms with Crippen molar-refractivity contribution < 1.29 is 4.39 Å². The van der Waals surface area contributed by atoms with E-state index in [-0.39, 0.29) is 5.82 Å². The van der Waals surface area contributed by atoms with Crippen LogP contribution < -0.4 is 5.32 Å². The Hall–Kier alpha value is -0.580. The maximum Gasteiger partial charge on any atom is 0.127 e. The molecule has 1 atom stereocenters. The quantitative estimate of drug-likeness (QED) is 0.660. The van der Waals surface area contributed by atoms with E-state index in [1.54, 1.807) is 6.07 Å². The second kappa shape index (κ2) is 10.2. The predicted octanol–water partition coefficient (Wildman–Crippen LogP) is 3.90. The van der Waals surface area contributed by atoms with Gasteiger partial charge in [0.15, 0.2) is 0 Å². The smallest absolute Gasteiger partial charge is 0.127 e. The van der Waals surface area contributed by atoms with Crippen LogP contribution in [0.3, 0.4) is 0 Å². The van der Waals surface area contributed by atoms with Gasteiger partial charge in [-0.1, -0.05) is 26.0 Å². The Bertz CT molecular complexity index is 412. The van der Waals surface area contributed by atoms with Crippen LogP contribution in [0.2, 0.25) is 0 Å². The summed E-state index contributed by atoms with van der Waals surface area (Å²) in [6, 6.07) is 5.98. The van der Waals surface area contributed by atoms with Gasteiger partial charge in [-0.15, -0.1) is 0 Å². The van der Waals surface area contributed by atoms with E-state index in [1.807, 2.05) is 23.9 Å². The molecule has 21 heavy (non-hydrogen) atoms. The third-order valence-corrected chi connectivity index (χ3v) is 4.46. The van der Waals surface area contributed by atoms with Crippen molar-refractivity contribution >= 4 is 11.8 Å². The van der Waals surface area contributed by atoms with E-state index in [2.05, 4.69) is 37.4 Å². The third-order valence-electron chi connectivity index (χ3n) is 3.74. The normalized spacial score (nSPS) is 12.9. The van der Waals surface area contributed by atoms with E-state index >= 15 is 0 Å². The van der Waals surface area contributed by atoms with Crippen LogP contribution in [0, 0.1) is 5.82 Å². The lowest BCUT2D eigenvalue weighted by atomic mass is 10.1. The molecule has 0 radical (unpaired) electrons. The highest BCUT2D eigenvalue weighted by Crippen LogP contribution is 2.16. The first-order valence-electron chi connectivity index (χ1n) is 7.79. The fourth-order valence-electron chi connectivity index (χ4n) is 2.42. The Labute approximate surface area is 133 Å². The topological polar surface area (TPSA) is 15.3 Å². The first-order valence-corrected chi connectivity index (χ1v) is 9.18. The minimum Gasteiger partial charge on any atom is -0.313 e. The molecule has 1 N–H and O–H groups in total. The van der Waals surface area contributed by atoms with E-state index in [1.165, 1.54) is 0 Å². The van der Waals surface area contributed by atoms with Crippen molar-refractivity contribution in [3.05, 3.63) is 35.1 Å². The van der Waals surface area contributed by atoms with Crippen molar-refractivity contribution in [3.63, 3.8) is 0 Å². The lowest BCUT2D eigenvalue weighted by Crippen LogP contribution is -2.33. The van der Waals surface area contributed by atoms with Crippen molar-refractivity contribution in [2.45, 2.75) is 45.8 Å². The molecule has 0 aliphatic rings. The summed E-state index contributed by atoms with van der Waals surface area (Å²) in [4.78, 5) is 2.26. The number of nitrogens with one attached hydrogen (secondary N) is 1. The lowest BCUT2D eigenvalue weighted by Gasteiger charge is -2.27. The van der Waals surface area contributed by atoms with Gasteiger partial charge in [0.05, 0.1) is 0 Å². The Kier molecular flexibility index (Phi) is 8.97. The Morgan fingerprint density at radius 3 is 2.71 bits per heavy atom. The minimum absolute atomic E-state index is 0.0971. The largest absolute Gasteiger partial charge is 0.313 e. The molecular formula is C17H29FN2S. The molecule has 0 heterocycles. The summed E-state index contributed by atoms with van der Waals surface area (Å²) in [5.74, 6) is 0.993. The molecular weight excluding hydrogens is 283 g/mol. The summed E-state index contributed by atoms with van der Waals surface area (Å²) in [6.45, 7) is 6.82. The molecule has 0 aromatic heterocycles.